The molecule has 0 aliphatic heterocycles. The molecule has 10 heavy (non-hydrogen) atoms. The highest BCUT2D eigenvalue weighted by Gasteiger charge is 1.91. The molecule has 0 spiro atoms. The van der Waals surface area contributed by atoms with E-state index in [0.717, 1.165) is 18.0 Å². The minimum Gasteiger partial charge on any atom is -0.403 e. The lowest BCUT2D eigenvalue weighted by Crippen LogP contribution is -1.90. The largest absolute Gasteiger partial charge is 0.403 e. The van der Waals surface area contributed by atoms with Gasteiger partial charge in [0, 0.05) is 5.70 Å². The third-order valence-corrected chi connectivity index (χ3v) is 1.45. The molecule has 0 atom stereocenters. The van der Waals surface area contributed by atoms with Crippen molar-refractivity contribution in [3.63, 3.8) is 0 Å². The van der Waals surface area contributed by atoms with Crippen molar-refractivity contribution >= 4 is 0 Å². The fourth-order valence-corrected chi connectivity index (χ4v) is 0.856. The van der Waals surface area contributed by atoms with Gasteiger partial charge in [-0.15, -0.1) is 0 Å². The number of hydrogen-bond acceptors (Lipinski definition) is 1. The SMILES string of the molecule is CC(N)=CCCCC(C)C. The van der Waals surface area contributed by atoms with Gasteiger partial charge in [0.05, 0.1) is 0 Å². The first-order valence-corrected chi connectivity index (χ1v) is 4.05. The number of rotatable bonds is 4. The highest BCUT2D eigenvalue weighted by molar-refractivity contribution is 4.90. The Morgan fingerprint density at radius 1 is 1.50 bits per heavy atom. The molecule has 0 aliphatic rings. The standard InChI is InChI=1S/C9H19N/c1-8(2)6-4-5-7-9(3)10/h7-8H,4-6,10H2,1-3H3. The predicted octanol–water partition coefficient (Wildman–Crippen LogP) is 2.68. The molecule has 0 rings (SSSR count). The Balaban J connectivity index is 3.13. The van der Waals surface area contributed by atoms with Gasteiger partial charge >= 0.3 is 0 Å². The zero-order valence-electron chi connectivity index (χ0n) is 7.35. The van der Waals surface area contributed by atoms with Gasteiger partial charge in [-0.3, -0.25) is 0 Å². The number of unbranched alkanes of at least 4 members (excludes halogenated alkanes) is 1. The lowest BCUT2D eigenvalue weighted by molar-refractivity contribution is 0.559. The van der Waals surface area contributed by atoms with Gasteiger partial charge in [-0.2, -0.15) is 0 Å². The van der Waals surface area contributed by atoms with Crippen molar-refractivity contribution in [1.29, 1.82) is 0 Å². The van der Waals surface area contributed by atoms with Crippen molar-refractivity contribution in [2.24, 2.45) is 11.7 Å². The summed E-state index contributed by atoms with van der Waals surface area (Å²) in [6.45, 7) is 6.44. The Morgan fingerprint density at radius 2 is 2.10 bits per heavy atom. The molecule has 0 aromatic carbocycles. The summed E-state index contributed by atoms with van der Waals surface area (Å²) in [7, 11) is 0. The van der Waals surface area contributed by atoms with Gasteiger partial charge in [0.1, 0.15) is 0 Å². The summed E-state index contributed by atoms with van der Waals surface area (Å²) >= 11 is 0. The maximum atomic E-state index is 5.47. The Bertz CT molecular complexity index is 99.3. The predicted molar refractivity (Wildman–Crippen MR) is 46.6 cm³/mol. The van der Waals surface area contributed by atoms with Crippen LogP contribution in [0.3, 0.4) is 0 Å². The molecule has 0 radical (unpaired) electrons. The molecule has 0 fully saturated rings. The van der Waals surface area contributed by atoms with Crippen LogP contribution < -0.4 is 5.73 Å². The molecule has 2 N–H and O–H groups in total. The topological polar surface area (TPSA) is 26.0 Å². The van der Waals surface area contributed by atoms with Crippen molar-refractivity contribution in [2.45, 2.75) is 40.0 Å². The highest BCUT2D eigenvalue weighted by atomic mass is 14.5. The van der Waals surface area contributed by atoms with Crippen molar-refractivity contribution in [3.8, 4) is 0 Å². The summed E-state index contributed by atoms with van der Waals surface area (Å²) in [5, 5.41) is 0. The van der Waals surface area contributed by atoms with Crippen LogP contribution in [0.15, 0.2) is 11.8 Å². The zero-order chi connectivity index (χ0) is 7.98. The van der Waals surface area contributed by atoms with Gasteiger partial charge in [0.15, 0.2) is 0 Å². The second-order valence-electron chi connectivity index (χ2n) is 3.27. The molecule has 0 aromatic heterocycles. The number of allylic oxidation sites excluding steroid dienone is 2. The van der Waals surface area contributed by atoms with Crippen LogP contribution in [0.25, 0.3) is 0 Å². The normalized spacial score (nSPS) is 12.6. The van der Waals surface area contributed by atoms with Crippen LogP contribution in [0.5, 0.6) is 0 Å². The first kappa shape index (κ1) is 9.54. The van der Waals surface area contributed by atoms with Crippen LogP contribution in [-0.4, -0.2) is 0 Å². The first-order valence-electron chi connectivity index (χ1n) is 4.05. The lowest BCUT2D eigenvalue weighted by Gasteiger charge is -2.00. The molecule has 0 aromatic rings. The molecular weight excluding hydrogens is 122 g/mol. The third kappa shape index (κ3) is 7.54. The average Bonchev–Trinajstić information content (AvgIpc) is 1.79. The highest BCUT2D eigenvalue weighted by Crippen LogP contribution is 2.06. The Kier molecular flexibility index (Phi) is 5.09. The molecule has 1 heteroatoms. The fourth-order valence-electron chi connectivity index (χ4n) is 0.856. The lowest BCUT2D eigenvalue weighted by atomic mass is 10.1. The molecule has 0 amide bonds. The molecular formula is C9H19N. The van der Waals surface area contributed by atoms with E-state index in [1.165, 1.54) is 12.8 Å². The monoisotopic (exact) mass is 141 g/mol. The van der Waals surface area contributed by atoms with Crippen molar-refractivity contribution < 1.29 is 0 Å². The van der Waals surface area contributed by atoms with Crippen LogP contribution in [-0.2, 0) is 0 Å². The van der Waals surface area contributed by atoms with Crippen molar-refractivity contribution in [3.05, 3.63) is 11.8 Å². The summed E-state index contributed by atoms with van der Waals surface area (Å²) in [5.41, 5.74) is 6.42. The van der Waals surface area contributed by atoms with Gasteiger partial charge in [0.25, 0.3) is 0 Å². The van der Waals surface area contributed by atoms with Crippen LogP contribution in [0, 0.1) is 5.92 Å². The van der Waals surface area contributed by atoms with E-state index in [-0.39, 0.29) is 0 Å². The van der Waals surface area contributed by atoms with E-state index in [1.807, 2.05) is 6.92 Å². The smallest absolute Gasteiger partial charge is 0.000832 e. The van der Waals surface area contributed by atoms with Crippen LogP contribution in [0.4, 0.5) is 0 Å². The van der Waals surface area contributed by atoms with E-state index < -0.39 is 0 Å². The average molecular weight is 141 g/mol. The molecule has 0 unspecified atom stereocenters. The minimum atomic E-state index is 0.825. The van der Waals surface area contributed by atoms with Gasteiger partial charge in [-0.05, 0) is 25.7 Å². The van der Waals surface area contributed by atoms with Crippen LogP contribution >= 0.6 is 0 Å². The molecule has 0 aliphatic carbocycles. The Labute approximate surface area is 64.3 Å². The second kappa shape index (κ2) is 5.33. The first-order chi connectivity index (χ1) is 4.63. The maximum absolute atomic E-state index is 5.47. The summed E-state index contributed by atoms with van der Waals surface area (Å²) in [4.78, 5) is 0. The second-order valence-corrected chi connectivity index (χ2v) is 3.27. The minimum absolute atomic E-state index is 0.825. The van der Waals surface area contributed by atoms with Crippen LogP contribution in [0.1, 0.15) is 40.0 Å². The fraction of sp³-hybridized carbons (Fsp3) is 0.778. The van der Waals surface area contributed by atoms with E-state index in [4.69, 9.17) is 5.73 Å². The van der Waals surface area contributed by atoms with Gasteiger partial charge in [-0.1, -0.05) is 26.3 Å². The summed E-state index contributed by atoms with van der Waals surface area (Å²) in [6.07, 6.45) is 5.82. The van der Waals surface area contributed by atoms with Gasteiger partial charge < -0.3 is 5.73 Å². The molecule has 0 saturated carbocycles. The van der Waals surface area contributed by atoms with E-state index in [9.17, 15) is 0 Å². The quantitative estimate of drug-likeness (QED) is 0.598. The summed E-state index contributed by atoms with van der Waals surface area (Å²) in [5.74, 6) is 0.825. The van der Waals surface area contributed by atoms with E-state index in [0.29, 0.717) is 0 Å². The number of nitrogens with two attached hydrogens (primary N) is 1. The molecule has 0 bridgehead atoms. The third-order valence-electron chi connectivity index (χ3n) is 1.45. The molecule has 60 valence electrons. The van der Waals surface area contributed by atoms with Gasteiger partial charge in [0.2, 0.25) is 0 Å². The van der Waals surface area contributed by atoms with E-state index in [2.05, 4.69) is 19.9 Å². The molecule has 0 saturated heterocycles. The number of hydrogen-bond donors (Lipinski definition) is 1. The van der Waals surface area contributed by atoms with E-state index in [1.54, 1.807) is 0 Å². The Morgan fingerprint density at radius 3 is 2.50 bits per heavy atom. The molecule has 0 heterocycles. The van der Waals surface area contributed by atoms with Crippen molar-refractivity contribution in [2.75, 3.05) is 0 Å². The summed E-state index contributed by atoms with van der Waals surface area (Å²) < 4.78 is 0. The maximum Gasteiger partial charge on any atom is 0.000832 e. The van der Waals surface area contributed by atoms with E-state index >= 15 is 0 Å². The van der Waals surface area contributed by atoms with Crippen molar-refractivity contribution in [1.82, 2.24) is 0 Å². The molecule has 1 nitrogen and oxygen atoms in total. The van der Waals surface area contributed by atoms with Crippen LogP contribution in [0.2, 0.25) is 0 Å². The zero-order valence-corrected chi connectivity index (χ0v) is 7.35. The summed E-state index contributed by atoms with van der Waals surface area (Å²) in [6, 6.07) is 0. The van der Waals surface area contributed by atoms with Gasteiger partial charge in [-0.25, -0.2) is 0 Å². The Hall–Kier alpha value is -0.460.